The zero-order chi connectivity index (χ0) is 16.9. The molecule has 0 N–H and O–H groups in total. The molecular weight excluding hydrogens is 298 g/mol. The minimum absolute atomic E-state index is 0.113. The summed E-state index contributed by atoms with van der Waals surface area (Å²) in [6.07, 6.45) is 7.91. The topological polar surface area (TPSA) is 29.5 Å². The van der Waals surface area contributed by atoms with E-state index in [1.165, 1.54) is 38.5 Å². The molecule has 1 unspecified atom stereocenters. The van der Waals surface area contributed by atoms with Crippen molar-refractivity contribution >= 4 is 5.91 Å². The molecular formula is C21H29NO2. The van der Waals surface area contributed by atoms with E-state index in [0.29, 0.717) is 0 Å². The van der Waals surface area contributed by atoms with Crippen LogP contribution in [0.2, 0.25) is 0 Å². The highest BCUT2D eigenvalue weighted by Gasteiger charge is 2.54. The van der Waals surface area contributed by atoms with Crippen molar-refractivity contribution in [1.82, 2.24) is 4.90 Å². The molecule has 3 nitrogen and oxygen atoms in total. The molecule has 0 saturated heterocycles. The molecule has 0 aliphatic heterocycles. The van der Waals surface area contributed by atoms with Gasteiger partial charge >= 0.3 is 0 Å². The van der Waals surface area contributed by atoms with Gasteiger partial charge in [0.05, 0.1) is 13.0 Å². The fourth-order valence-corrected chi connectivity index (χ4v) is 6.05. The number of benzene rings is 1. The lowest BCUT2D eigenvalue weighted by Crippen LogP contribution is -2.60. The van der Waals surface area contributed by atoms with Crippen molar-refractivity contribution in [3.05, 3.63) is 29.8 Å². The summed E-state index contributed by atoms with van der Waals surface area (Å²) in [5.74, 6) is 3.56. The number of nitrogens with zero attached hydrogens (tertiary/aromatic N) is 1. The van der Waals surface area contributed by atoms with Crippen molar-refractivity contribution in [2.24, 2.45) is 17.8 Å². The van der Waals surface area contributed by atoms with Crippen LogP contribution < -0.4 is 4.74 Å². The number of rotatable bonds is 4. The molecule has 1 atom stereocenters. The molecule has 0 heterocycles. The number of likely N-dealkylation sites (N-methyl/N-ethyl adjacent to an activating group) is 1. The molecule has 1 aromatic rings. The van der Waals surface area contributed by atoms with Crippen LogP contribution in [0, 0.1) is 17.8 Å². The van der Waals surface area contributed by atoms with Crippen LogP contribution in [-0.2, 0) is 4.79 Å². The van der Waals surface area contributed by atoms with E-state index >= 15 is 0 Å². The Labute approximate surface area is 145 Å². The van der Waals surface area contributed by atoms with Crippen molar-refractivity contribution in [2.45, 2.75) is 56.9 Å². The Morgan fingerprint density at radius 3 is 2.29 bits per heavy atom. The first-order valence-corrected chi connectivity index (χ1v) is 9.42. The second-order valence-electron chi connectivity index (χ2n) is 8.54. The van der Waals surface area contributed by atoms with Crippen LogP contribution in [0.25, 0.3) is 0 Å². The first kappa shape index (κ1) is 16.0. The van der Waals surface area contributed by atoms with Gasteiger partial charge in [0, 0.05) is 12.6 Å². The Kier molecular flexibility index (Phi) is 3.85. The van der Waals surface area contributed by atoms with Crippen LogP contribution in [0.5, 0.6) is 5.75 Å². The summed E-state index contributed by atoms with van der Waals surface area (Å²) in [6.45, 7) is 2.04. The zero-order valence-corrected chi connectivity index (χ0v) is 15.1. The minimum Gasteiger partial charge on any atom is -0.497 e. The summed E-state index contributed by atoms with van der Waals surface area (Å²) in [5.41, 5.74) is 1.19. The van der Waals surface area contributed by atoms with Gasteiger partial charge in [-0.2, -0.15) is 0 Å². The van der Waals surface area contributed by atoms with Gasteiger partial charge in [0.1, 0.15) is 5.75 Å². The zero-order valence-electron chi connectivity index (χ0n) is 15.1. The third-order valence-corrected chi connectivity index (χ3v) is 7.01. The summed E-state index contributed by atoms with van der Waals surface area (Å²) in [6, 6.07) is 7.95. The number of amides is 1. The Balaban J connectivity index is 1.55. The van der Waals surface area contributed by atoms with E-state index in [4.69, 9.17) is 4.74 Å². The number of carbonyl (C=O) groups excluding carboxylic acids is 1. The first-order valence-electron chi connectivity index (χ1n) is 9.42. The molecule has 1 aromatic carbocycles. The lowest BCUT2D eigenvalue weighted by Gasteiger charge is -2.60. The highest BCUT2D eigenvalue weighted by Crippen LogP contribution is 2.57. The molecule has 0 radical (unpaired) electrons. The number of hydrogen-bond acceptors (Lipinski definition) is 2. The Morgan fingerprint density at radius 2 is 1.75 bits per heavy atom. The molecule has 0 aromatic heterocycles. The molecule has 3 heteroatoms. The van der Waals surface area contributed by atoms with Gasteiger partial charge in [-0.05, 0) is 80.9 Å². The fourth-order valence-electron chi connectivity index (χ4n) is 6.05. The lowest BCUT2D eigenvalue weighted by atomic mass is 9.52. The van der Waals surface area contributed by atoms with Crippen molar-refractivity contribution < 1.29 is 9.53 Å². The predicted molar refractivity (Wildman–Crippen MR) is 95.1 cm³/mol. The average molecular weight is 327 g/mol. The van der Waals surface area contributed by atoms with Crippen LogP contribution in [0.3, 0.4) is 0 Å². The maximum Gasteiger partial charge on any atom is 0.230 e. The van der Waals surface area contributed by atoms with Gasteiger partial charge in [0.25, 0.3) is 0 Å². The summed E-state index contributed by atoms with van der Waals surface area (Å²) >= 11 is 0. The van der Waals surface area contributed by atoms with Crippen molar-refractivity contribution in [2.75, 3.05) is 14.2 Å². The van der Waals surface area contributed by atoms with Gasteiger partial charge in [-0.15, -0.1) is 0 Å². The maximum absolute atomic E-state index is 13.2. The fraction of sp³-hybridized carbons (Fsp3) is 0.667. The molecule has 4 bridgehead atoms. The number of carbonyl (C=O) groups is 1. The van der Waals surface area contributed by atoms with Crippen LogP contribution in [0.1, 0.15) is 56.9 Å². The van der Waals surface area contributed by atoms with E-state index in [2.05, 4.69) is 11.9 Å². The number of hydrogen-bond donors (Lipinski definition) is 0. The van der Waals surface area contributed by atoms with Crippen molar-refractivity contribution in [3.8, 4) is 5.75 Å². The first-order chi connectivity index (χ1) is 11.5. The van der Waals surface area contributed by atoms with Crippen LogP contribution in [0.15, 0.2) is 24.3 Å². The Hall–Kier alpha value is -1.51. The van der Waals surface area contributed by atoms with Gasteiger partial charge in [-0.1, -0.05) is 12.1 Å². The van der Waals surface area contributed by atoms with Gasteiger partial charge in [-0.25, -0.2) is 0 Å². The SMILES string of the molecule is COc1cccc(C(C)C(=O)N(C)C23CC4CC(CC(C4)C2)C3)c1. The maximum atomic E-state index is 13.2. The van der Waals surface area contributed by atoms with Gasteiger partial charge in [-0.3, -0.25) is 4.79 Å². The van der Waals surface area contributed by atoms with E-state index in [-0.39, 0.29) is 17.4 Å². The minimum atomic E-state index is -0.113. The van der Waals surface area contributed by atoms with E-state index in [1.807, 2.05) is 31.2 Å². The smallest absolute Gasteiger partial charge is 0.230 e. The van der Waals surface area contributed by atoms with E-state index in [0.717, 1.165) is 29.1 Å². The second kappa shape index (κ2) is 5.79. The molecule has 4 aliphatic rings. The molecule has 5 rings (SSSR count). The standard InChI is InChI=1S/C21H29NO2/c1-14(18-5-4-6-19(10-18)24-3)20(23)22(2)21-11-15-7-16(12-21)9-17(8-15)13-21/h4-6,10,14-17H,7-9,11-13H2,1-3H3. The van der Waals surface area contributed by atoms with Crippen LogP contribution in [0.4, 0.5) is 0 Å². The quantitative estimate of drug-likeness (QED) is 0.828. The van der Waals surface area contributed by atoms with Crippen molar-refractivity contribution in [3.63, 3.8) is 0 Å². The van der Waals surface area contributed by atoms with E-state index < -0.39 is 0 Å². The number of ether oxygens (including phenoxy) is 1. The van der Waals surface area contributed by atoms with E-state index in [1.54, 1.807) is 7.11 Å². The van der Waals surface area contributed by atoms with E-state index in [9.17, 15) is 4.79 Å². The van der Waals surface area contributed by atoms with Gasteiger partial charge in [0.15, 0.2) is 0 Å². The molecule has 4 aliphatic carbocycles. The Morgan fingerprint density at radius 1 is 1.17 bits per heavy atom. The largest absolute Gasteiger partial charge is 0.497 e. The molecule has 0 spiro atoms. The summed E-state index contributed by atoms with van der Waals surface area (Å²) < 4.78 is 5.32. The summed E-state index contributed by atoms with van der Waals surface area (Å²) in [5, 5.41) is 0. The van der Waals surface area contributed by atoms with Crippen molar-refractivity contribution in [1.29, 1.82) is 0 Å². The molecule has 4 fully saturated rings. The Bertz CT molecular complexity index is 603. The van der Waals surface area contributed by atoms with Crippen LogP contribution >= 0.6 is 0 Å². The summed E-state index contributed by atoms with van der Waals surface area (Å²) in [4.78, 5) is 15.4. The van der Waals surface area contributed by atoms with Crippen LogP contribution in [-0.4, -0.2) is 30.5 Å². The van der Waals surface area contributed by atoms with Gasteiger partial charge < -0.3 is 9.64 Å². The number of methoxy groups -OCH3 is 1. The molecule has 24 heavy (non-hydrogen) atoms. The molecule has 1 amide bonds. The average Bonchev–Trinajstić information content (AvgIpc) is 2.58. The second-order valence-corrected chi connectivity index (χ2v) is 8.54. The third-order valence-electron chi connectivity index (χ3n) is 7.01. The third kappa shape index (κ3) is 2.53. The monoisotopic (exact) mass is 327 g/mol. The molecule has 130 valence electrons. The highest BCUT2D eigenvalue weighted by molar-refractivity contribution is 5.84. The molecule has 4 saturated carbocycles. The normalized spacial score (nSPS) is 34.9. The summed E-state index contributed by atoms with van der Waals surface area (Å²) in [7, 11) is 3.74. The van der Waals surface area contributed by atoms with Gasteiger partial charge in [0.2, 0.25) is 5.91 Å². The predicted octanol–water partition coefficient (Wildman–Crippen LogP) is 4.23. The lowest BCUT2D eigenvalue weighted by molar-refractivity contribution is -0.148. The highest BCUT2D eigenvalue weighted by atomic mass is 16.5.